The second-order valence-corrected chi connectivity index (χ2v) is 8.02. The molecule has 4 spiro atoms. The molecule has 3 heterocycles. The Kier molecular flexibility index (Phi) is 3.03. The zero-order valence-electron chi connectivity index (χ0n) is 13.5. The van der Waals surface area contributed by atoms with Crippen molar-refractivity contribution in [3.8, 4) is 0 Å². The summed E-state index contributed by atoms with van der Waals surface area (Å²) < 4.78 is 26.6. The lowest BCUT2D eigenvalue weighted by Gasteiger charge is -2.61. The number of hydrogen-bond donors (Lipinski definition) is 0. The molecule has 5 aliphatic rings. The fourth-order valence-corrected chi connectivity index (χ4v) is 5.94. The molecule has 5 rings (SSSR count). The Bertz CT molecular complexity index is 354. The van der Waals surface area contributed by atoms with Gasteiger partial charge in [-0.05, 0) is 38.5 Å². The Morgan fingerprint density at radius 1 is 0.455 bits per heavy atom. The predicted octanol–water partition coefficient (Wildman–Crippen LogP) is 3.67. The van der Waals surface area contributed by atoms with Crippen LogP contribution in [-0.4, -0.2) is 36.0 Å². The molecule has 0 aromatic carbocycles. The van der Waals surface area contributed by atoms with E-state index in [2.05, 4.69) is 0 Å². The highest BCUT2D eigenvalue weighted by Gasteiger charge is 2.73. The normalized spacial score (nSPS) is 45.8. The van der Waals surface area contributed by atoms with E-state index in [-0.39, 0.29) is 11.2 Å². The third-order valence-electron chi connectivity index (χ3n) is 6.90. The minimum atomic E-state index is -0.495. The van der Waals surface area contributed by atoms with Crippen molar-refractivity contribution < 1.29 is 18.9 Å². The second kappa shape index (κ2) is 4.69. The van der Waals surface area contributed by atoms with Gasteiger partial charge in [0, 0.05) is 12.8 Å². The molecule has 2 atom stereocenters. The van der Waals surface area contributed by atoms with Crippen LogP contribution in [0.25, 0.3) is 0 Å². The first-order chi connectivity index (χ1) is 10.7. The summed E-state index contributed by atoms with van der Waals surface area (Å²) in [6.45, 7) is 1.63. The van der Waals surface area contributed by atoms with Gasteiger partial charge in [-0.3, -0.25) is 0 Å². The molecule has 0 bridgehead atoms. The van der Waals surface area contributed by atoms with E-state index in [0.29, 0.717) is 0 Å². The van der Waals surface area contributed by atoms with Gasteiger partial charge in [0.1, 0.15) is 11.2 Å². The van der Waals surface area contributed by atoms with Crippen molar-refractivity contribution in [1.29, 1.82) is 0 Å². The first-order valence-corrected chi connectivity index (χ1v) is 9.42. The van der Waals surface area contributed by atoms with Gasteiger partial charge in [-0.2, -0.15) is 0 Å². The fourth-order valence-electron chi connectivity index (χ4n) is 5.94. The zero-order chi connectivity index (χ0) is 14.7. The summed E-state index contributed by atoms with van der Waals surface area (Å²) in [5.41, 5.74) is -0.524. The lowest BCUT2D eigenvalue weighted by molar-refractivity contribution is -0.484. The Labute approximate surface area is 132 Å². The molecule has 0 radical (unpaired) electrons. The van der Waals surface area contributed by atoms with Crippen LogP contribution in [0.5, 0.6) is 0 Å². The maximum absolute atomic E-state index is 6.99. The molecule has 0 aromatic heterocycles. The minimum absolute atomic E-state index is 0.262. The number of hydrogen-bond acceptors (Lipinski definition) is 4. The van der Waals surface area contributed by atoms with Crippen LogP contribution in [0.2, 0.25) is 0 Å². The maximum atomic E-state index is 6.99. The standard InChI is InChI=1S/C18H28O4/c1-2-8-15(7-1)17(11-5-13-19-17)22-16(9-3-4-10-16)18(21-15)12-6-14-20-18/h1-14H2. The molecule has 4 nitrogen and oxygen atoms in total. The van der Waals surface area contributed by atoms with Crippen LogP contribution in [0.3, 0.4) is 0 Å². The van der Waals surface area contributed by atoms with Gasteiger partial charge in [0.05, 0.1) is 13.2 Å². The summed E-state index contributed by atoms with van der Waals surface area (Å²) in [7, 11) is 0. The summed E-state index contributed by atoms with van der Waals surface area (Å²) in [5, 5.41) is 0. The summed E-state index contributed by atoms with van der Waals surface area (Å²) in [6, 6.07) is 0. The minimum Gasteiger partial charge on any atom is -0.347 e. The SMILES string of the molecule is C1CCC2(C1)OC1(CCCO1)C1(CCCC1)OC21CCCO1. The lowest BCUT2D eigenvalue weighted by atomic mass is 9.79. The lowest BCUT2D eigenvalue weighted by Crippen LogP contribution is -2.74. The quantitative estimate of drug-likeness (QED) is 0.684. The molecule has 2 aliphatic carbocycles. The summed E-state index contributed by atoms with van der Waals surface area (Å²) in [6.07, 6.45) is 13.3. The van der Waals surface area contributed by atoms with E-state index in [0.717, 1.165) is 64.6 Å². The van der Waals surface area contributed by atoms with E-state index in [1.165, 1.54) is 25.7 Å². The van der Waals surface area contributed by atoms with Gasteiger partial charge in [-0.1, -0.05) is 25.7 Å². The molecule has 3 aliphatic heterocycles. The van der Waals surface area contributed by atoms with Crippen molar-refractivity contribution in [1.82, 2.24) is 0 Å². The van der Waals surface area contributed by atoms with Crippen LogP contribution in [0.1, 0.15) is 77.0 Å². The molecule has 22 heavy (non-hydrogen) atoms. The molecular weight excluding hydrogens is 280 g/mol. The predicted molar refractivity (Wildman–Crippen MR) is 80.4 cm³/mol. The molecule has 2 unspecified atom stereocenters. The van der Waals surface area contributed by atoms with E-state index in [4.69, 9.17) is 18.9 Å². The highest BCUT2D eigenvalue weighted by Crippen LogP contribution is 2.63. The molecule has 3 saturated heterocycles. The number of fused-ring (bicyclic) bond motifs is 2. The number of ether oxygens (including phenoxy) is 4. The van der Waals surface area contributed by atoms with Gasteiger partial charge in [0.2, 0.25) is 0 Å². The molecule has 4 heteroatoms. The van der Waals surface area contributed by atoms with Crippen LogP contribution >= 0.6 is 0 Å². The highest BCUT2D eigenvalue weighted by atomic mass is 16.8. The average molecular weight is 308 g/mol. The smallest absolute Gasteiger partial charge is 0.198 e. The molecule has 0 amide bonds. The van der Waals surface area contributed by atoms with E-state index in [9.17, 15) is 0 Å². The Hall–Kier alpha value is -0.160. The van der Waals surface area contributed by atoms with Gasteiger partial charge < -0.3 is 18.9 Å². The monoisotopic (exact) mass is 308 g/mol. The fraction of sp³-hybridized carbons (Fsp3) is 1.00. The largest absolute Gasteiger partial charge is 0.347 e. The molecule has 0 N–H and O–H groups in total. The van der Waals surface area contributed by atoms with Crippen molar-refractivity contribution in [3.63, 3.8) is 0 Å². The van der Waals surface area contributed by atoms with Gasteiger partial charge in [-0.25, -0.2) is 0 Å². The van der Waals surface area contributed by atoms with Crippen molar-refractivity contribution in [3.05, 3.63) is 0 Å². The summed E-state index contributed by atoms with van der Waals surface area (Å²) >= 11 is 0. The van der Waals surface area contributed by atoms with Gasteiger partial charge >= 0.3 is 0 Å². The van der Waals surface area contributed by atoms with E-state index < -0.39 is 11.6 Å². The highest BCUT2D eigenvalue weighted by molar-refractivity contribution is 5.14. The van der Waals surface area contributed by atoms with Gasteiger partial charge in [0.25, 0.3) is 0 Å². The van der Waals surface area contributed by atoms with Gasteiger partial charge in [-0.15, -0.1) is 0 Å². The molecule has 124 valence electrons. The van der Waals surface area contributed by atoms with Crippen molar-refractivity contribution in [2.75, 3.05) is 13.2 Å². The van der Waals surface area contributed by atoms with E-state index in [1.54, 1.807) is 0 Å². The summed E-state index contributed by atoms with van der Waals surface area (Å²) in [5.74, 6) is -0.990. The van der Waals surface area contributed by atoms with Gasteiger partial charge in [0.15, 0.2) is 11.6 Å². The van der Waals surface area contributed by atoms with Crippen LogP contribution in [0, 0.1) is 0 Å². The first kappa shape index (κ1) is 14.2. The van der Waals surface area contributed by atoms with Crippen LogP contribution in [0.4, 0.5) is 0 Å². The third-order valence-corrected chi connectivity index (χ3v) is 6.90. The van der Waals surface area contributed by atoms with Crippen LogP contribution < -0.4 is 0 Å². The maximum Gasteiger partial charge on any atom is 0.198 e. The second-order valence-electron chi connectivity index (χ2n) is 8.02. The Morgan fingerprint density at radius 3 is 1.18 bits per heavy atom. The number of rotatable bonds is 0. The van der Waals surface area contributed by atoms with Crippen molar-refractivity contribution in [2.45, 2.75) is 99.8 Å². The molecule has 2 saturated carbocycles. The van der Waals surface area contributed by atoms with Crippen molar-refractivity contribution in [2.24, 2.45) is 0 Å². The zero-order valence-corrected chi connectivity index (χ0v) is 13.5. The van der Waals surface area contributed by atoms with Crippen LogP contribution in [-0.2, 0) is 18.9 Å². The van der Waals surface area contributed by atoms with E-state index >= 15 is 0 Å². The van der Waals surface area contributed by atoms with Crippen LogP contribution in [0.15, 0.2) is 0 Å². The Balaban J connectivity index is 1.60. The molecular formula is C18H28O4. The average Bonchev–Trinajstić information content (AvgIpc) is 3.25. The molecule has 5 fully saturated rings. The summed E-state index contributed by atoms with van der Waals surface area (Å²) in [4.78, 5) is 0. The molecule has 0 aromatic rings. The first-order valence-electron chi connectivity index (χ1n) is 9.42. The third kappa shape index (κ3) is 1.62. The van der Waals surface area contributed by atoms with Crippen molar-refractivity contribution >= 4 is 0 Å². The topological polar surface area (TPSA) is 36.9 Å². The Morgan fingerprint density at radius 2 is 0.864 bits per heavy atom. The van der Waals surface area contributed by atoms with E-state index in [1.807, 2.05) is 0 Å².